The number of anilines is 1. The summed E-state index contributed by atoms with van der Waals surface area (Å²) in [5, 5.41) is 3.04. The number of hydrogen-bond acceptors (Lipinski definition) is 1. The Labute approximate surface area is 95.1 Å². The number of halogens is 3. The van der Waals surface area contributed by atoms with Crippen LogP contribution in [0, 0.1) is 9.39 Å². The zero-order valence-corrected chi connectivity index (χ0v) is 9.64. The van der Waals surface area contributed by atoms with E-state index in [1.54, 1.807) is 12.1 Å². The minimum Gasteiger partial charge on any atom is -0.381 e. The van der Waals surface area contributed by atoms with Gasteiger partial charge in [0.25, 0.3) is 0 Å². The topological polar surface area (TPSA) is 12.0 Å². The molecule has 4 heteroatoms. The molecule has 70 valence electrons. The van der Waals surface area contributed by atoms with E-state index in [0.717, 1.165) is 5.69 Å². The second-order valence-electron chi connectivity index (χ2n) is 2.34. The molecular weight excluding hydrogens is 303 g/mol. The Hall–Kier alpha value is -0.290. The van der Waals surface area contributed by atoms with Gasteiger partial charge in [-0.2, -0.15) is 0 Å². The zero-order chi connectivity index (χ0) is 9.68. The lowest BCUT2D eigenvalue weighted by molar-refractivity contribution is 0.621. The SMILES string of the molecule is Fc1cccc(NC/C=C/Cl)c1I. The summed E-state index contributed by atoms with van der Waals surface area (Å²) in [6, 6.07) is 4.93. The van der Waals surface area contributed by atoms with E-state index in [1.807, 2.05) is 28.7 Å². The van der Waals surface area contributed by atoms with Gasteiger partial charge in [0.15, 0.2) is 0 Å². The average Bonchev–Trinajstić information content (AvgIpc) is 2.13. The third-order valence-corrected chi connectivity index (χ3v) is 2.73. The highest BCUT2D eigenvalue weighted by Crippen LogP contribution is 2.20. The van der Waals surface area contributed by atoms with Crippen LogP contribution in [-0.4, -0.2) is 6.54 Å². The summed E-state index contributed by atoms with van der Waals surface area (Å²) in [5.41, 5.74) is 2.22. The maximum Gasteiger partial charge on any atom is 0.138 e. The highest BCUT2D eigenvalue weighted by Gasteiger charge is 2.02. The van der Waals surface area contributed by atoms with E-state index in [2.05, 4.69) is 5.32 Å². The standard InChI is InChI=1S/C9H8ClFIN/c10-5-2-6-13-8-4-1-3-7(11)9(8)12/h1-5,13H,6H2/b5-2+. The Bertz CT molecular complexity index is 314. The van der Waals surface area contributed by atoms with Crippen LogP contribution in [-0.2, 0) is 0 Å². The highest BCUT2D eigenvalue weighted by molar-refractivity contribution is 14.1. The van der Waals surface area contributed by atoms with Crippen LogP contribution in [0.5, 0.6) is 0 Å². The summed E-state index contributed by atoms with van der Waals surface area (Å²) < 4.78 is 13.6. The average molecular weight is 312 g/mol. The van der Waals surface area contributed by atoms with Gasteiger partial charge in [0.1, 0.15) is 5.82 Å². The normalized spacial score (nSPS) is 10.7. The second-order valence-corrected chi connectivity index (χ2v) is 3.67. The van der Waals surface area contributed by atoms with Gasteiger partial charge in [-0.05, 0) is 34.7 Å². The molecule has 0 spiro atoms. The van der Waals surface area contributed by atoms with E-state index in [-0.39, 0.29) is 5.82 Å². The third kappa shape index (κ3) is 3.15. The van der Waals surface area contributed by atoms with Gasteiger partial charge in [-0.3, -0.25) is 0 Å². The smallest absolute Gasteiger partial charge is 0.138 e. The predicted molar refractivity (Wildman–Crippen MR) is 62.6 cm³/mol. The summed E-state index contributed by atoms with van der Waals surface area (Å²) in [4.78, 5) is 0. The van der Waals surface area contributed by atoms with Crippen molar-refractivity contribution in [2.75, 3.05) is 11.9 Å². The largest absolute Gasteiger partial charge is 0.381 e. The second kappa shape index (κ2) is 5.44. The Kier molecular flexibility index (Phi) is 4.52. The number of benzene rings is 1. The molecule has 0 aromatic heterocycles. The fourth-order valence-electron chi connectivity index (χ4n) is 0.854. The first kappa shape index (κ1) is 10.8. The molecular formula is C9H8ClFIN. The van der Waals surface area contributed by atoms with Crippen LogP contribution in [0.25, 0.3) is 0 Å². The van der Waals surface area contributed by atoms with Crippen LogP contribution in [0.4, 0.5) is 10.1 Å². The summed E-state index contributed by atoms with van der Waals surface area (Å²) in [6.45, 7) is 0.600. The van der Waals surface area contributed by atoms with Crippen LogP contribution in [0.2, 0.25) is 0 Å². The van der Waals surface area contributed by atoms with Crippen molar-refractivity contribution in [1.29, 1.82) is 0 Å². The van der Waals surface area contributed by atoms with E-state index < -0.39 is 0 Å². The molecule has 0 bridgehead atoms. The molecule has 0 saturated carbocycles. The Morgan fingerprint density at radius 2 is 2.31 bits per heavy atom. The van der Waals surface area contributed by atoms with Gasteiger partial charge in [0, 0.05) is 12.1 Å². The van der Waals surface area contributed by atoms with E-state index >= 15 is 0 Å². The van der Waals surface area contributed by atoms with Gasteiger partial charge >= 0.3 is 0 Å². The van der Waals surface area contributed by atoms with Gasteiger partial charge in [-0.15, -0.1) is 0 Å². The van der Waals surface area contributed by atoms with Gasteiger partial charge in [0.2, 0.25) is 0 Å². The molecule has 1 rings (SSSR count). The summed E-state index contributed by atoms with van der Waals surface area (Å²) >= 11 is 7.30. The Morgan fingerprint density at radius 1 is 1.54 bits per heavy atom. The van der Waals surface area contributed by atoms with Crippen molar-refractivity contribution in [3.05, 3.63) is 39.2 Å². The van der Waals surface area contributed by atoms with Crippen molar-refractivity contribution in [2.45, 2.75) is 0 Å². The molecule has 0 atom stereocenters. The fourth-order valence-corrected chi connectivity index (χ4v) is 1.49. The molecule has 0 radical (unpaired) electrons. The Balaban J connectivity index is 2.71. The first-order chi connectivity index (χ1) is 6.25. The molecule has 0 fully saturated rings. The molecule has 0 aliphatic carbocycles. The summed E-state index contributed by atoms with van der Waals surface area (Å²) in [6.07, 6.45) is 1.75. The lowest BCUT2D eigenvalue weighted by Gasteiger charge is -2.05. The summed E-state index contributed by atoms with van der Waals surface area (Å²) in [5.74, 6) is -0.208. The first-order valence-corrected chi connectivity index (χ1v) is 5.20. The summed E-state index contributed by atoms with van der Waals surface area (Å²) in [7, 11) is 0. The van der Waals surface area contributed by atoms with Gasteiger partial charge < -0.3 is 5.32 Å². The molecule has 0 aliphatic rings. The minimum absolute atomic E-state index is 0.208. The monoisotopic (exact) mass is 311 g/mol. The number of rotatable bonds is 3. The molecule has 1 aromatic carbocycles. The Morgan fingerprint density at radius 3 is 3.00 bits per heavy atom. The van der Waals surface area contributed by atoms with Crippen molar-refractivity contribution in [3.8, 4) is 0 Å². The quantitative estimate of drug-likeness (QED) is 0.841. The molecule has 1 nitrogen and oxygen atoms in total. The van der Waals surface area contributed by atoms with Crippen molar-refractivity contribution < 1.29 is 4.39 Å². The molecule has 0 amide bonds. The van der Waals surface area contributed by atoms with Crippen molar-refractivity contribution in [3.63, 3.8) is 0 Å². The van der Waals surface area contributed by atoms with Gasteiger partial charge in [-0.25, -0.2) is 4.39 Å². The van der Waals surface area contributed by atoms with Gasteiger partial charge in [0.05, 0.1) is 9.26 Å². The molecule has 1 aromatic rings. The van der Waals surface area contributed by atoms with Gasteiger partial charge in [-0.1, -0.05) is 23.7 Å². The maximum atomic E-state index is 13.0. The molecule has 1 N–H and O–H groups in total. The third-order valence-electron chi connectivity index (χ3n) is 1.45. The molecule has 13 heavy (non-hydrogen) atoms. The first-order valence-electron chi connectivity index (χ1n) is 3.69. The minimum atomic E-state index is -0.208. The maximum absolute atomic E-state index is 13.0. The van der Waals surface area contributed by atoms with Crippen LogP contribution >= 0.6 is 34.2 Å². The molecule has 0 aliphatic heterocycles. The number of nitrogens with one attached hydrogen (secondary N) is 1. The lowest BCUT2D eigenvalue weighted by Crippen LogP contribution is -2.00. The van der Waals surface area contributed by atoms with Crippen molar-refractivity contribution in [2.24, 2.45) is 0 Å². The zero-order valence-electron chi connectivity index (χ0n) is 6.73. The molecule has 0 heterocycles. The van der Waals surface area contributed by atoms with E-state index in [1.165, 1.54) is 11.6 Å². The van der Waals surface area contributed by atoms with Crippen molar-refractivity contribution in [1.82, 2.24) is 0 Å². The predicted octanol–water partition coefficient (Wildman–Crippen LogP) is 3.59. The van der Waals surface area contributed by atoms with E-state index in [4.69, 9.17) is 11.6 Å². The van der Waals surface area contributed by atoms with Crippen LogP contribution in [0.1, 0.15) is 0 Å². The lowest BCUT2D eigenvalue weighted by atomic mass is 10.3. The molecule has 0 unspecified atom stereocenters. The van der Waals surface area contributed by atoms with Crippen LogP contribution in [0.3, 0.4) is 0 Å². The highest BCUT2D eigenvalue weighted by atomic mass is 127. The fraction of sp³-hybridized carbons (Fsp3) is 0.111. The van der Waals surface area contributed by atoms with Crippen LogP contribution in [0.15, 0.2) is 29.8 Å². The molecule has 0 saturated heterocycles. The van der Waals surface area contributed by atoms with E-state index in [0.29, 0.717) is 10.1 Å². The van der Waals surface area contributed by atoms with Crippen molar-refractivity contribution >= 4 is 39.9 Å². The van der Waals surface area contributed by atoms with Crippen LogP contribution < -0.4 is 5.32 Å². The van der Waals surface area contributed by atoms with E-state index in [9.17, 15) is 4.39 Å². The number of hydrogen-bond donors (Lipinski definition) is 1.